The molecule has 140 valence electrons. The lowest BCUT2D eigenvalue weighted by atomic mass is 10.00. The second kappa shape index (κ2) is 7.44. The fourth-order valence-corrected chi connectivity index (χ4v) is 4.83. The van der Waals surface area contributed by atoms with Crippen molar-refractivity contribution in [3.8, 4) is 10.8 Å². The maximum Gasteiger partial charge on any atom is 0.277 e. The Morgan fingerprint density at radius 3 is 2.78 bits per heavy atom. The summed E-state index contributed by atoms with van der Waals surface area (Å²) >= 11 is 2.84. The molecule has 2 aromatic heterocycles. The molecule has 1 amide bonds. The zero-order valence-electron chi connectivity index (χ0n) is 15.4. The lowest BCUT2D eigenvalue weighted by Gasteiger charge is -2.30. The van der Waals surface area contributed by atoms with E-state index in [1.807, 2.05) is 37.8 Å². The number of carbonyl (C=O) groups excluding carboxylic acids is 1. The minimum atomic E-state index is -0.284. The van der Waals surface area contributed by atoms with Crippen molar-refractivity contribution in [2.45, 2.75) is 44.2 Å². The number of carbonyl (C=O) groups is 1. The molecule has 0 spiro atoms. The third kappa shape index (κ3) is 3.77. The van der Waals surface area contributed by atoms with E-state index in [4.69, 9.17) is 4.42 Å². The quantitative estimate of drug-likeness (QED) is 0.619. The third-order valence-electron chi connectivity index (χ3n) is 4.57. The molecule has 1 atom stereocenters. The SMILES string of the molecule is Cc1nc(C)c(-c2nnc(SC(C)C(=O)N3CCc4ccccc4C3)o2)s1. The highest BCUT2D eigenvalue weighted by Gasteiger charge is 2.27. The van der Waals surface area contributed by atoms with Crippen molar-refractivity contribution in [1.82, 2.24) is 20.1 Å². The van der Waals surface area contributed by atoms with Crippen LogP contribution >= 0.6 is 23.1 Å². The lowest BCUT2D eigenvalue weighted by molar-refractivity contribution is -0.131. The second-order valence-electron chi connectivity index (χ2n) is 6.56. The Labute approximate surface area is 166 Å². The van der Waals surface area contributed by atoms with Gasteiger partial charge in [0.25, 0.3) is 11.1 Å². The number of thioether (sulfide) groups is 1. The van der Waals surface area contributed by atoms with E-state index in [9.17, 15) is 4.79 Å². The fourth-order valence-electron chi connectivity index (χ4n) is 3.22. The molecule has 0 fully saturated rings. The summed E-state index contributed by atoms with van der Waals surface area (Å²) < 4.78 is 5.77. The molecular weight excluding hydrogens is 380 g/mol. The molecule has 6 nitrogen and oxygen atoms in total. The first-order valence-corrected chi connectivity index (χ1v) is 10.5. The van der Waals surface area contributed by atoms with Gasteiger partial charge in [-0.05, 0) is 38.3 Å². The summed E-state index contributed by atoms with van der Waals surface area (Å²) in [6, 6.07) is 8.30. The summed E-state index contributed by atoms with van der Waals surface area (Å²) in [4.78, 5) is 20.0. The van der Waals surface area contributed by atoms with E-state index in [1.165, 1.54) is 34.2 Å². The van der Waals surface area contributed by atoms with Gasteiger partial charge in [-0.15, -0.1) is 21.5 Å². The molecule has 0 bridgehead atoms. The molecule has 1 aromatic carbocycles. The van der Waals surface area contributed by atoms with E-state index in [0.717, 1.165) is 28.5 Å². The number of thiazole rings is 1. The van der Waals surface area contributed by atoms with Gasteiger partial charge in [0, 0.05) is 13.1 Å². The average Bonchev–Trinajstić information content (AvgIpc) is 3.26. The van der Waals surface area contributed by atoms with Crippen LogP contribution in [0.3, 0.4) is 0 Å². The van der Waals surface area contributed by atoms with Crippen LogP contribution in [0, 0.1) is 13.8 Å². The van der Waals surface area contributed by atoms with Gasteiger partial charge in [-0.3, -0.25) is 4.79 Å². The summed E-state index contributed by atoms with van der Waals surface area (Å²) in [6.45, 7) is 7.17. The van der Waals surface area contributed by atoms with E-state index < -0.39 is 0 Å². The number of nitrogens with zero attached hydrogens (tertiary/aromatic N) is 4. The van der Waals surface area contributed by atoms with E-state index >= 15 is 0 Å². The molecule has 1 aliphatic rings. The van der Waals surface area contributed by atoms with E-state index in [0.29, 0.717) is 17.7 Å². The molecule has 0 radical (unpaired) electrons. The van der Waals surface area contributed by atoms with E-state index in [2.05, 4.69) is 27.3 Å². The van der Waals surface area contributed by atoms with Gasteiger partial charge in [-0.2, -0.15) is 0 Å². The molecule has 0 saturated carbocycles. The molecule has 0 saturated heterocycles. The molecular formula is C19H20N4O2S2. The minimum Gasteiger partial charge on any atom is -0.410 e. The first-order valence-electron chi connectivity index (χ1n) is 8.81. The van der Waals surface area contributed by atoms with Gasteiger partial charge in [-0.1, -0.05) is 36.0 Å². The van der Waals surface area contributed by atoms with Gasteiger partial charge >= 0.3 is 0 Å². The Morgan fingerprint density at radius 2 is 2.04 bits per heavy atom. The smallest absolute Gasteiger partial charge is 0.277 e. The summed E-state index contributed by atoms with van der Waals surface area (Å²) in [7, 11) is 0. The molecule has 3 aromatic rings. The Kier molecular flexibility index (Phi) is 5.01. The lowest BCUT2D eigenvalue weighted by Crippen LogP contribution is -2.40. The summed E-state index contributed by atoms with van der Waals surface area (Å²) in [5, 5.41) is 9.31. The van der Waals surface area contributed by atoms with Gasteiger partial charge in [0.15, 0.2) is 0 Å². The summed E-state index contributed by atoms with van der Waals surface area (Å²) in [5.41, 5.74) is 3.44. The molecule has 0 aliphatic carbocycles. The van der Waals surface area contributed by atoms with Crippen molar-refractivity contribution in [3.63, 3.8) is 0 Å². The minimum absolute atomic E-state index is 0.0964. The number of aryl methyl sites for hydroxylation is 2. The molecule has 4 rings (SSSR count). The van der Waals surface area contributed by atoms with Crippen LogP contribution in [0.4, 0.5) is 0 Å². The highest BCUT2D eigenvalue weighted by atomic mass is 32.2. The number of rotatable bonds is 4. The van der Waals surface area contributed by atoms with Crippen molar-refractivity contribution >= 4 is 29.0 Å². The second-order valence-corrected chi connectivity index (χ2v) is 9.05. The standard InChI is InChI=1S/C19H20N4O2S2/c1-11-16(27-13(3)20-11)17-21-22-19(25-17)26-12(2)18(24)23-9-8-14-6-4-5-7-15(14)10-23/h4-7,12H,8-10H2,1-3H3. The maximum atomic E-state index is 12.9. The largest absolute Gasteiger partial charge is 0.410 e. The van der Waals surface area contributed by atoms with Crippen molar-refractivity contribution in [1.29, 1.82) is 0 Å². The van der Waals surface area contributed by atoms with Crippen molar-refractivity contribution < 1.29 is 9.21 Å². The van der Waals surface area contributed by atoms with Crippen LogP contribution in [-0.2, 0) is 17.8 Å². The Bertz CT molecular complexity index is 982. The zero-order valence-corrected chi connectivity index (χ0v) is 17.1. The van der Waals surface area contributed by atoms with Gasteiger partial charge in [0.2, 0.25) is 5.91 Å². The highest BCUT2D eigenvalue weighted by molar-refractivity contribution is 8.00. The van der Waals surface area contributed by atoms with Crippen LogP contribution in [0.25, 0.3) is 10.8 Å². The Morgan fingerprint density at radius 1 is 1.26 bits per heavy atom. The number of amides is 1. The first-order chi connectivity index (χ1) is 13.0. The number of aromatic nitrogens is 3. The molecule has 1 unspecified atom stereocenters. The Hall–Kier alpha value is -2.19. The van der Waals surface area contributed by atoms with Gasteiger partial charge in [-0.25, -0.2) is 4.98 Å². The maximum absolute atomic E-state index is 12.9. The normalized spacial score (nSPS) is 14.9. The van der Waals surface area contributed by atoms with E-state index in [1.54, 1.807) is 0 Å². The van der Waals surface area contributed by atoms with Gasteiger partial charge in [0.1, 0.15) is 4.88 Å². The van der Waals surface area contributed by atoms with Crippen molar-refractivity contribution in [2.75, 3.05) is 6.54 Å². The van der Waals surface area contributed by atoms with Gasteiger partial charge in [0.05, 0.1) is 16.0 Å². The Balaban J connectivity index is 1.43. The monoisotopic (exact) mass is 400 g/mol. The van der Waals surface area contributed by atoms with Crippen LogP contribution in [0.1, 0.15) is 28.8 Å². The van der Waals surface area contributed by atoms with Crippen LogP contribution in [0.2, 0.25) is 0 Å². The average molecular weight is 401 g/mol. The van der Waals surface area contributed by atoms with Crippen LogP contribution in [0.5, 0.6) is 0 Å². The number of benzene rings is 1. The topological polar surface area (TPSA) is 72.1 Å². The van der Waals surface area contributed by atoms with Crippen LogP contribution < -0.4 is 0 Å². The zero-order chi connectivity index (χ0) is 19.0. The first kappa shape index (κ1) is 18.2. The van der Waals surface area contributed by atoms with E-state index in [-0.39, 0.29) is 11.2 Å². The van der Waals surface area contributed by atoms with Gasteiger partial charge < -0.3 is 9.32 Å². The highest BCUT2D eigenvalue weighted by Crippen LogP contribution is 2.32. The molecule has 3 heterocycles. The summed E-state index contributed by atoms with van der Waals surface area (Å²) in [6.07, 6.45) is 0.897. The predicted molar refractivity (Wildman–Crippen MR) is 106 cm³/mol. The number of hydrogen-bond donors (Lipinski definition) is 0. The molecule has 1 aliphatic heterocycles. The third-order valence-corrected chi connectivity index (χ3v) is 6.55. The molecule has 8 heteroatoms. The number of fused-ring (bicyclic) bond motifs is 1. The van der Waals surface area contributed by atoms with Crippen LogP contribution in [-0.4, -0.2) is 37.8 Å². The summed E-state index contributed by atoms with van der Waals surface area (Å²) in [5.74, 6) is 0.561. The van der Waals surface area contributed by atoms with Crippen molar-refractivity contribution in [2.24, 2.45) is 0 Å². The predicted octanol–water partition coefficient (Wildman–Crippen LogP) is 3.88. The van der Waals surface area contributed by atoms with Crippen LogP contribution in [0.15, 0.2) is 33.9 Å². The number of hydrogen-bond acceptors (Lipinski definition) is 7. The fraction of sp³-hybridized carbons (Fsp3) is 0.368. The van der Waals surface area contributed by atoms with Crippen molar-refractivity contribution in [3.05, 3.63) is 46.1 Å². The molecule has 0 N–H and O–H groups in total. The molecule has 27 heavy (non-hydrogen) atoms.